The van der Waals surface area contributed by atoms with Gasteiger partial charge in [-0.05, 0) is 106 Å². The third-order valence-electron chi connectivity index (χ3n) is 11.1. The van der Waals surface area contributed by atoms with E-state index in [0.717, 1.165) is 87.1 Å². The maximum absolute atomic E-state index is 17.0. The molecule has 246 valence electrons. The molecule has 0 saturated carbocycles. The number of anilines is 6. The summed E-state index contributed by atoms with van der Waals surface area (Å²) >= 11 is 0. The van der Waals surface area contributed by atoms with Crippen LogP contribution in [0.2, 0.25) is 0 Å². The largest absolute Gasteiger partial charge is 0.306 e. The van der Waals surface area contributed by atoms with Crippen molar-refractivity contribution in [3.8, 4) is 33.4 Å². The molecule has 3 aliphatic heterocycles. The average Bonchev–Trinajstić information content (AvgIpc) is 3.60. The van der Waals surface area contributed by atoms with Gasteiger partial charge >= 0.3 is 0 Å². The van der Waals surface area contributed by atoms with Gasteiger partial charge in [-0.2, -0.15) is 0 Å². The summed E-state index contributed by atoms with van der Waals surface area (Å²) in [5, 5.41) is 0. The molecule has 8 aromatic rings. The van der Waals surface area contributed by atoms with Gasteiger partial charge in [0.15, 0.2) is 0 Å². The topological polar surface area (TPSA) is 23.6 Å². The maximum Gasteiger partial charge on any atom is 0.0703 e. The van der Waals surface area contributed by atoms with E-state index in [1.807, 2.05) is 18.2 Å². The number of hydrogen-bond acceptors (Lipinski definition) is 3. The van der Waals surface area contributed by atoms with Gasteiger partial charge < -0.3 is 9.80 Å². The number of para-hydroxylation sites is 5. The first kappa shape index (κ1) is 29.3. The average molecular weight is 685 g/mol. The monoisotopic (exact) mass is 684 g/mol. The lowest BCUT2D eigenvalue weighted by Gasteiger charge is -2.40. The molecule has 0 aromatic heterocycles. The van der Waals surface area contributed by atoms with E-state index >= 15 is 4.21 Å². The Hall–Kier alpha value is -6.49. The molecule has 0 aliphatic carbocycles. The van der Waals surface area contributed by atoms with Crippen LogP contribution >= 0.6 is 0 Å². The smallest absolute Gasteiger partial charge is 0.0703 e. The van der Waals surface area contributed by atoms with Crippen molar-refractivity contribution in [3.63, 3.8) is 0 Å². The van der Waals surface area contributed by atoms with Crippen molar-refractivity contribution < 1.29 is 4.21 Å². The molecule has 0 saturated heterocycles. The number of fused-ring (bicyclic) bond motifs is 12. The summed E-state index contributed by atoms with van der Waals surface area (Å²) < 4.78 is 17.0. The van der Waals surface area contributed by atoms with Crippen LogP contribution in [0.4, 0.5) is 34.1 Å². The second kappa shape index (κ2) is 10.5. The van der Waals surface area contributed by atoms with E-state index in [1.165, 1.54) is 0 Å². The van der Waals surface area contributed by atoms with Crippen molar-refractivity contribution in [3.05, 3.63) is 194 Å². The Morgan fingerprint density at radius 3 is 1.25 bits per heavy atom. The Labute approximate surface area is 303 Å². The van der Waals surface area contributed by atoms with Crippen LogP contribution in [0.5, 0.6) is 0 Å². The summed E-state index contributed by atoms with van der Waals surface area (Å²) in [6.07, 6.45) is 0. The molecular formula is C48H32N2OS. The number of hydrogen-bond donors (Lipinski definition) is 0. The van der Waals surface area contributed by atoms with Crippen LogP contribution in [-0.2, 0) is 9.07 Å². The summed E-state index contributed by atoms with van der Waals surface area (Å²) in [5.41, 5.74) is 12.9. The quantitative estimate of drug-likeness (QED) is 0.185. The fourth-order valence-electron chi connectivity index (χ4n) is 8.95. The number of rotatable bonds is 3. The molecule has 52 heavy (non-hydrogen) atoms. The molecule has 3 aliphatic rings. The maximum atomic E-state index is 17.0. The lowest BCUT2D eigenvalue weighted by Crippen LogP contribution is -2.30. The van der Waals surface area contributed by atoms with Crippen LogP contribution in [0, 0.1) is 0 Å². The van der Waals surface area contributed by atoms with E-state index < -0.39 is 9.07 Å². The van der Waals surface area contributed by atoms with Gasteiger partial charge in [0, 0.05) is 40.0 Å². The predicted molar refractivity (Wildman–Crippen MR) is 213 cm³/mol. The molecule has 11 rings (SSSR count). The second-order valence-corrected chi connectivity index (χ2v) is 17.3. The standard InChI is InChI=1S/C48H32N2OS/c51-52(45-26-11-4-19-37(45)38-20-5-12-27-46(38)52)47-28-13-6-21-39(47)40-30-29-34(32-48(40)52)33-15-14-18-36(31-33)50-43-24-9-7-22-41(43)49(35-16-2-1-3-17-35)42-23-8-10-25-44(42)50/h1-32H. The highest BCUT2D eigenvalue weighted by atomic mass is 32.3. The molecule has 0 radical (unpaired) electrons. The van der Waals surface area contributed by atoms with Crippen molar-refractivity contribution in [1.82, 2.24) is 0 Å². The van der Waals surface area contributed by atoms with Crippen molar-refractivity contribution in [2.75, 3.05) is 9.80 Å². The zero-order chi connectivity index (χ0) is 34.5. The Kier molecular flexibility index (Phi) is 5.92. The van der Waals surface area contributed by atoms with E-state index in [9.17, 15) is 0 Å². The molecular weight excluding hydrogens is 653 g/mol. The third-order valence-corrected chi connectivity index (χ3v) is 15.8. The van der Waals surface area contributed by atoms with Gasteiger partial charge in [-0.15, -0.1) is 0 Å². The molecule has 0 amide bonds. The van der Waals surface area contributed by atoms with Crippen molar-refractivity contribution in [1.29, 1.82) is 0 Å². The Morgan fingerprint density at radius 1 is 0.308 bits per heavy atom. The minimum Gasteiger partial charge on any atom is -0.306 e. The lowest BCUT2D eigenvalue weighted by molar-refractivity contribution is 0.658. The highest BCUT2D eigenvalue weighted by Crippen LogP contribution is 2.71. The van der Waals surface area contributed by atoms with Crippen LogP contribution in [0.1, 0.15) is 0 Å². The highest BCUT2D eigenvalue weighted by molar-refractivity contribution is 8.21. The zero-order valence-electron chi connectivity index (χ0n) is 28.2. The fourth-order valence-corrected chi connectivity index (χ4v) is 14.1. The molecule has 4 heteroatoms. The molecule has 0 unspecified atom stereocenters. The first-order valence-electron chi connectivity index (χ1n) is 17.7. The molecule has 1 spiro atoms. The fraction of sp³-hybridized carbons (Fsp3) is 0. The van der Waals surface area contributed by atoms with E-state index in [1.54, 1.807) is 0 Å². The predicted octanol–water partition coefficient (Wildman–Crippen LogP) is 12.9. The molecule has 3 heterocycles. The van der Waals surface area contributed by atoms with Gasteiger partial charge in [0.1, 0.15) is 0 Å². The summed E-state index contributed by atoms with van der Waals surface area (Å²) in [4.78, 5) is 8.32. The molecule has 8 aromatic carbocycles. The number of nitrogens with zero attached hydrogens (tertiary/aromatic N) is 2. The Morgan fingerprint density at radius 2 is 0.712 bits per heavy atom. The van der Waals surface area contributed by atoms with Crippen molar-refractivity contribution in [2.24, 2.45) is 0 Å². The van der Waals surface area contributed by atoms with Crippen molar-refractivity contribution in [2.45, 2.75) is 19.6 Å². The van der Waals surface area contributed by atoms with Crippen LogP contribution < -0.4 is 9.80 Å². The van der Waals surface area contributed by atoms with Crippen LogP contribution in [0.15, 0.2) is 214 Å². The van der Waals surface area contributed by atoms with Gasteiger partial charge in [0.25, 0.3) is 0 Å². The minimum absolute atomic E-state index is 0.894. The lowest BCUT2D eigenvalue weighted by atomic mass is 9.99. The van der Waals surface area contributed by atoms with E-state index in [2.05, 4.69) is 186 Å². The first-order chi connectivity index (χ1) is 25.6. The van der Waals surface area contributed by atoms with E-state index in [0.29, 0.717) is 0 Å². The van der Waals surface area contributed by atoms with Gasteiger partial charge in [0.2, 0.25) is 0 Å². The molecule has 3 nitrogen and oxygen atoms in total. The minimum atomic E-state index is -3.93. The summed E-state index contributed by atoms with van der Waals surface area (Å²) in [6, 6.07) is 68.1. The van der Waals surface area contributed by atoms with Gasteiger partial charge in [-0.3, -0.25) is 4.21 Å². The summed E-state index contributed by atoms with van der Waals surface area (Å²) in [6.45, 7) is 0. The first-order valence-corrected chi connectivity index (χ1v) is 19.6. The molecule has 0 fully saturated rings. The van der Waals surface area contributed by atoms with Gasteiger partial charge in [-0.1, -0.05) is 121 Å². The van der Waals surface area contributed by atoms with Crippen LogP contribution in [0.25, 0.3) is 33.4 Å². The van der Waals surface area contributed by atoms with E-state index in [-0.39, 0.29) is 0 Å². The van der Waals surface area contributed by atoms with Gasteiger partial charge in [-0.25, -0.2) is 0 Å². The van der Waals surface area contributed by atoms with Crippen LogP contribution in [-0.4, -0.2) is 4.21 Å². The molecule has 0 N–H and O–H groups in total. The SMILES string of the molecule is O=S12(c3ccccc3-c3ccccc31)c1ccccc1-c1ccc(-c3cccc(N4c5ccccc5N(c5ccccc5)c5ccccc54)c3)cc12. The van der Waals surface area contributed by atoms with Crippen molar-refractivity contribution >= 4 is 43.2 Å². The van der Waals surface area contributed by atoms with Crippen LogP contribution in [0.3, 0.4) is 0 Å². The molecule has 0 bridgehead atoms. The highest BCUT2D eigenvalue weighted by Gasteiger charge is 2.57. The molecule has 0 atom stereocenters. The Balaban J connectivity index is 1.12. The Bertz CT molecular complexity index is 2720. The zero-order valence-corrected chi connectivity index (χ0v) is 29.0. The van der Waals surface area contributed by atoms with E-state index in [4.69, 9.17) is 0 Å². The summed E-state index contributed by atoms with van der Waals surface area (Å²) in [7, 11) is -3.93. The second-order valence-electron chi connectivity index (χ2n) is 13.7. The third kappa shape index (κ3) is 3.61. The summed E-state index contributed by atoms with van der Waals surface area (Å²) in [5.74, 6) is 0. The number of benzene rings is 8. The normalized spacial score (nSPS) is 15.7. The van der Waals surface area contributed by atoms with Gasteiger partial charge in [0.05, 0.1) is 22.7 Å².